The minimum atomic E-state index is -0.644. The number of carbonyl (C=O) groups is 3. The summed E-state index contributed by atoms with van der Waals surface area (Å²) in [5, 5.41) is 6.43. The predicted octanol–water partition coefficient (Wildman–Crippen LogP) is 4.01. The first-order chi connectivity index (χ1) is 12.7. The van der Waals surface area contributed by atoms with Gasteiger partial charge < -0.3 is 15.4 Å². The number of halogens is 1. The van der Waals surface area contributed by atoms with Gasteiger partial charge in [0.05, 0.1) is 11.6 Å². The van der Waals surface area contributed by atoms with Gasteiger partial charge >= 0.3 is 5.97 Å². The van der Waals surface area contributed by atoms with Gasteiger partial charge in [0, 0.05) is 16.8 Å². The molecule has 0 saturated heterocycles. The average Bonchev–Trinajstić information content (AvgIpc) is 2.86. The van der Waals surface area contributed by atoms with Crippen LogP contribution in [0.3, 0.4) is 0 Å². The molecule has 27 heavy (non-hydrogen) atoms. The van der Waals surface area contributed by atoms with Crippen molar-refractivity contribution >= 4 is 45.7 Å². The monoisotopic (exact) mass is 408 g/mol. The summed E-state index contributed by atoms with van der Waals surface area (Å²) in [5.74, 6) is -1.34. The zero-order chi connectivity index (χ0) is 20.1. The maximum absolute atomic E-state index is 12.4. The molecule has 0 fully saturated rings. The highest BCUT2D eigenvalue weighted by atomic mass is 35.5. The molecule has 0 unspecified atom stereocenters. The Bertz CT molecular complexity index is 861. The van der Waals surface area contributed by atoms with Gasteiger partial charge in [0.1, 0.15) is 5.00 Å². The number of carbonyl (C=O) groups excluding carboxylic acids is 3. The summed E-state index contributed by atoms with van der Waals surface area (Å²) < 4.78 is 5.15. The van der Waals surface area contributed by atoms with Crippen molar-refractivity contribution in [2.75, 3.05) is 11.9 Å². The highest BCUT2D eigenvalue weighted by Gasteiger charge is 2.22. The average molecular weight is 409 g/mol. The number of anilines is 1. The molecule has 144 valence electrons. The lowest BCUT2D eigenvalue weighted by Crippen LogP contribution is -2.31. The normalized spacial score (nSPS) is 11.6. The third kappa shape index (κ3) is 5.55. The van der Waals surface area contributed by atoms with Crippen LogP contribution in [-0.2, 0) is 14.3 Å². The Morgan fingerprint density at radius 3 is 2.41 bits per heavy atom. The lowest BCUT2D eigenvalue weighted by atomic mass is 10.1. The van der Waals surface area contributed by atoms with Gasteiger partial charge in [0.2, 0.25) is 5.91 Å². The second kappa shape index (κ2) is 9.01. The fraction of sp³-hybridized carbons (Fsp3) is 0.316. The highest BCUT2D eigenvalue weighted by Crippen LogP contribution is 2.33. The van der Waals surface area contributed by atoms with E-state index in [9.17, 15) is 14.4 Å². The van der Waals surface area contributed by atoms with E-state index < -0.39 is 18.5 Å². The summed E-state index contributed by atoms with van der Waals surface area (Å²) in [6.07, 6.45) is 0. The molecule has 2 rings (SSSR count). The van der Waals surface area contributed by atoms with Crippen molar-refractivity contribution in [2.24, 2.45) is 0 Å². The van der Waals surface area contributed by atoms with E-state index in [-0.39, 0.29) is 17.5 Å². The van der Waals surface area contributed by atoms with Crippen LogP contribution in [0.15, 0.2) is 24.3 Å². The maximum Gasteiger partial charge on any atom is 0.341 e. The van der Waals surface area contributed by atoms with Crippen LogP contribution in [0, 0.1) is 13.8 Å². The van der Waals surface area contributed by atoms with Crippen molar-refractivity contribution in [3.05, 3.63) is 50.9 Å². The number of amides is 2. The Balaban J connectivity index is 1.98. The van der Waals surface area contributed by atoms with Crippen molar-refractivity contribution < 1.29 is 19.1 Å². The molecule has 0 bridgehead atoms. The van der Waals surface area contributed by atoms with Crippen molar-refractivity contribution in [2.45, 2.75) is 33.7 Å². The van der Waals surface area contributed by atoms with Gasteiger partial charge in [-0.3, -0.25) is 9.59 Å². The van der Waals surface area contributed by atoms with E-state index in [4.69, 9.17) is 16.3 Å². The highest BCUT2D eigenvalue weighted by molar-refractivity contribution is 7.16. The summed E-state index contributed by atoms with van der Waals surface area (Å²) in [6.45, 7) is 6.40. The van der Waals surface area contributed by atoms with E-state index in [1.807, 2.05) is 26.0 Å². The first-order valence-electron chi connectivity index (χ1n) is 8.28. The molecular weight excluding hydrogens is 388 g/mol. The van der Waals surface area contributed by atoms with E-state index in [1.54, 1.807) is 19.1 Å². The standard InChI is InChI=1S/C19H21ClN2O4S/c1-10-12(3)27-18(22-13(4)23)17(10)19(25)26-9-16(24)21-11(2)14-5-7-15(20)8-6-14/h5-8,11H,9H2,1-4H3,(H,21,24)(H,22,23)/t11-/m0/s1. The lowest BCUT2D eigenvalue weighted by molar-refractivity contribution is -0.124. The molecule has 0 aliphatic carbocycles. The number of rotatable bonds is 6. The maximum atomic E-state index is 12.4. The third-order valence-electron chi connectivity index (χ3n) is 3.96. The molecule has 2 aromatic rings. The molecule has 1 aromatic carbocycles. The van der Waals surface area contributed by atoms with Gasteiger partial charge in [0.15, 0.2) is 6.61 Å². The number of hydrogen-bond acceptors (Lipinski definition) is 5. The van der Waals surface area contributed by atoms with Gasteiger partial charge in [-0.15, -0.1) is 11.3 Å². The molecule has 0 spiro atoms. The Morgan fingerprint density at radius 2 is 1.81 bits per heavy atom. The van der Waals surface area contributed by atoms with E-state index in [2.05, 4.69) is 10.6 Å². The number of esters is 1. The smallest absolute Gasteiger partial charge is 0.341 e. The van der Waals surface area contributed by atoms with Gasteiger partial charge in [-0.05, 0) is 44.0 Å². The van der Waals surface area contributed by atoms with Crippen LogP contribution < -0.4 is 10.6 Å². The van der Waals surface area contributed by atoms with Crippen LogP contribution in [0.1, 0.15) is 46.3 Å². The molecule has 1 aromatic heterocycles. The molecule has 6 nitrogen and oxygen atoms in total. The van der Waals surface area contributed by atoms with Gasteiger partial charge in [-0.2, -0.15) is 0 Å². The quantitative estimate of drug-likeness (QED) is 0.707. The Labute approximate surface area is 166 Å². The van der Waals surface area contributed by atoms with Crippen LogP contribution in [0.4, 0.5) is 5.00 Å². The molecule has 0 aliphatic rings. The van der Waals surface area contributed by atoms with Crippen LogP contribution in [0.25, 0.3) is 0 Å². The van der Waals surface area contributed by atoms with Gasteiger partial charge in [-0.1, -0.05) is 23.7 Å². The summed E-state index contributed by atoms with van der Waals surface area (Å²) in [4.78, 5) is 36.7. The zero-order valence-corrected chi connectivity index (χ0v) is 17.1. The fourth-order valence-electron chi connectivity index (χ4n) is 2.44. The Morgan fingerprint density at radius 1 is 1.19 bits per heavy atom. The largest absolute Gasteiger partial charge is 0.452 e. The lowest BCUT2D eigenvalue weighted by Gasteiger charge is -2.14. The number of benzene rings is 1. The number of hydrogen-bond donors (Lipinski definition) is 2. The summed E-state index contributed by atoms with van der Waals surface area (Å²) in [5.41, 5.74) is 1.89. The summed E-state index contributed by atoms with van der Waals surface area (Å²) in [7, 11) is 0. The van der Waals surface area contributed by atoms with E-state index >= 15 is 0 Å². The topological polar surface area (TPSA) is 84.5 Å². The minimum Gasteiger partial charge on any atom is -0.452 e. The van der Waals surface area contributed by atoms with Crippen molar-refractivity contribution in [1.29, 1.82) is 0 Å². The second-order valence-electron chi connectivity index (χ2n) is 6.09. The molecular formula is C19H21ClN2O4S. The second-order valence-corrected chi connectivity index (χ2v) is 7.75. The van der Waals surface area contributed by atoms with Crippen molar-refractivity contribution in [3.63, 3.8) is 0 Å². The van der Waals surface area contributed by atoms with Crippen LogP contribution in [-0.4, -0.2) is 24.4 Å². The minimum absolute atomic E-state index is 0.256. The van der Waals surface area contributed by atoms with Gasteiger partial charge in [0.25, 0.3) is 5.91 Å². The van der Waals surface area contributed by atoms with Gasteiger partial charge in [-0.25, -0.2) is 4.79 Å². The Kier molecular flexibility index (Phi) is 6.98. The van der Waals surface area contributed by atoms with Crippen molar-refractivity contribution in [3.8, 4) is 0 Å². The van der Waals surface area contributed by atoms with Crippen LogP contribution in [0.5, 0.6) is 0 Å². The third-order valence-corrected chi connectivity index (χ3v) is 5.34. The number of aryl methyl sites for hydroxylation is 1. The summed E-state index contributed by atoms with van der Waals surface area (Å²) >= 11 is 7.15. The predicted molar refractivity (Wildman–Crippen MR) is 106 cm³/mol. The number of thiophene rings is 1. The van der Waals surface area contributed by atoms with Crippen molar-refractivity contribution in [1.82, 2.24) is 5.32 Å². The molecule has 8 heteroatoms. The van der Waals surface area contributed by atoms with E-state index in [0.29, 0.717) is 10.0 Å². The molecule has 2 N–H and O–H groups in total. The van der Waals surface area contributed by atoms with Crippen LogP contribution >= 0.6 is 22.9 Å². The van der Waals surface area contributed by atoms with E-state index in [1.165, 1.54) is 18.3 Å². The fourth-order valence-corrected chi connectivity index (χ4v) is 3.66. The summed E-state index contributed by atoms with van der Waals surface area (Å²) in [6, 6.07) is 6.86. The molecule has 1 atom stereocenters. The van der Waals surface area contributed by atoms with E-state index in [0.717, 1.165) is 16.0 Å². The number of ether oxygens (including phenoxy) is 1. The molecule has 0 radical (unpaired) electrons. The van der Waals surface area contributed by atoms with Crippen LogP contribution in [0.2, 0.25) is 5.02 Å². The molecule has 1 heterocycles. The molecule has 2 amide bonds. The first kappa shape index (κ1) is 20.9. The Hall–Kier alpha value is -2.38. The molecule has 0 aliphatic heterocycles. The first-order valence-corrected chi connectivity index (χ1v) is 9.48. The zero-order valence-electron chi connectivity index (χ0n) is 15.5. The molecule has 0 saturated carbocycles. The number of nitrogens with one attached hydrogen (secondary N) is 2. The SMILES string of the molecule is CC(=O)Nc1sc(C)c(C)c1C(=O)OCC(=O)N[C@@H](C)c1ccc(Cl)cc1.